The van der Waals surface area contributed by atoms with Crippen LogP contribution in [-0.2, 0) is 10.0 Å². The van der Waals surface area contributed by atoms with E-state index in [0.717, 1.165) is 13.0 Å². The summed E-state index contributed by atoms with van der Waals surface area (Å²) in [5.41, 5.74) is 0. The summed E-state index contributed by atoms with van der Waals surface area (Å²) in [5.74, 6) is 0.167. The Morgan fingerprint density at radius 3 is 2.33 bits per heavy atom. The van der Waals surface area contributed by atoms with Gasteiger partial charge in [-0.05, 0) is 13.0 Å². The maximum absolute atomic E-state index is 11.0. The van der Waals surface area contributed by atoms with Crippen molar-refractivity contribution >= 4 is 10.0 Å². The van der Waals surface area contributed by atoms with Crippen molar-refractivity contribution in [2.24, 2.45) is 0 Å². The Bertz CT molecular complexity index is 190. The highest BCUT2D eigenvalue weighted by Crippen LogP contribution is 1.81. The molecule has 0 spiro atoms. The molecule has 0 radical (unpaired) electrons. The van der Waals surface area contributed by atoms with Gasteiger partial charge in [0.25, 0.3) is 0 Å². The fourth-order valence-corrected chi connectivity index (χ4v) is 1.80. The van der Waals surface area contributed by atoms with Crippen LogP contribution in [0.3, 0.4) is 0 Å². The van der Waals surface area contributed by atoms with Crippen LogP contribution in [0.15, 0.2) is 0 Å². The first-order valence-electron chi connectivity index (χ1n) is 4.30. The van der Waals surface area contributed by atoms with Gasteiger partial charge in [0.1, 0.15) is 0 Å². The van der Waals surface area contributed by atoms with Gasteiger partial charge >= 0.3 is 0 Å². The van der Waals surface area contributed by atoms with E-state index in [0.29, 0.717) is 13.1 Å². The smallest absolute Gasteiger partial charge is 0.212 e. The molecular formula is C7H18N2O2S. The minimum absolute atomic E-state index is 0.167. The van der Waals surface area contributed by atoms with Gasteiger partial charge in [0.2, 0.25) is 10.0 Å². The van der Waals surface area contributed by atoms with E-state index in [9.17, 15) is 8.42 Å². The second-order valence-corrected chi connectivity index (χ2v) is 4.49. The zero-order valence-electron chi connectivity index (χ0n) is 7.76. The lowest BCUT2D eigenvalue weighted by molar-refractivity contribution is 0.578. The molecule has 0 heterocycles. The summed E-state index contributed by atoms with van der Waals surface area (Å²) in [7, 11) is -3.02. The Morgan fingerprint density at radius 2 is 1.83 bits per heavy atom. The predicted molar refractivity (Wildman–Crippen MR) is 50.6 cm³/mol. The molecule has 0 aromatic rings. The zero-order valence-corrected chi connectivity index (χ0v) is 8.58. The van der Waals surface area contributed by atoms with E-state index in [1.165, 1.54) is 0 Å². The Kier molecular flexibility index (Phi) is 6.32. The Balaban J connectivity index is 3.48. The van der Waals surface area contributed by atoms with E-state index >= 15 is 0 Å². The molecule has 0 aliphatic rings. The molecule has 0 fully saturated rings. The molecule has 0 unspecified atom stereocenters. The Hall–Kier alpha value is -0.130. The third-order valence-corrected chi connectivity index (χ3v) is 2.81. The normalized spacial score (nSPS) is 11.8. The quantitative estimate of drug-likeness (QED) is 0.558. The van der Waals surface area contributed by atoms with Crippen LogP contribution in [0, 0.1) is 0 Å². The first-order chi connectivity index (χ1) is 5.62. The van der Waals surface area contributed by atoms with Crippen LogP contribution < -0.4 is 10.0 Å². The molecule has 74 valence electrons. The molecule has 12 heavy (non-hydrogen) atoms. The summed E-state index contributed by atoms with van der Waals surface area (Å²) in [6.45, 7) is 5.70. The zero-order chi connectivity index (χ0) is 9.45. The predicted octanol–water partition coefficient (Wildman–Crippen LogP) is -0.0747. The van der Waals surface area contributed by atoms with Gasteiger partial charge in [-0.1, -0.05) is 13.8 Å². The first-order valence-corrected chi connectivity index (χ1v) is 5.95. The lowest BCUT2D eigenvalue weighted by atomic mass is 10.5. The average molecular weight is 194 g/mol. The molecule has 0 rings (SSSR count). The van der Waals surface area contributed by atoms with Crippen LogP contribution in [0.4, 0.5) is 0 Å². The van der Waals surface area contributed by atoms with Gasteiger partial charge in [0.05, 0.1) is 5.75 Å². The third kappa shape index (κ3) is 6.57. The highest BCUT2D eigenvalue weighted by Gasteiger charge is 2.06. The van der Waals surface area contributed by atoms with Crippen molar-refractivity contribution in [3.63, 3.8) is 0 Å². The number of hydrogen-bond donors (Lipinski definition) is 2. The topological polar surface area (TPSA) is 58.2 Å². The van der Waals surface area contributed by atoms with Gasteiger partial charge in [-0.25, -0.2) is 13.1 Å². The van der Waals surface area contributed by atoms with E-state index in [1.54, 1.807) is 6.92 Å². The van der Waals surface area contributed by atoms with Gasteiger partial charge in [-0.3, -0.25) is 0 Å². The first kappa shape index (κ1) is 11.9. The van der Waals surface area contributed by atoms with E-state index in [4.69, 9.17) is 0 Å². The molecule has 0 saturated heterocycles. The van der Waals surface area contributed by atoms with Gasteiger partial charge in [-0.2, -0.15) is 0 Å². The highest BCUT2D eigenvalue weighted by atomic mass is 32.2. The monoisotopic (exact) mass is 194 g/mol. The van der Waals surface area contributed by atoms with Crippen molar-refractivity contribution in [2.45, 2.75) is 20.3 Å². The van der Waals surface area contributed by atoms with Crippen LogP contribution in [0.2, 0.25) is 0 Å². The standard InChI is InChI=1S/C7H18N2O2S/c1-3-5-8-6-7-12(10,11)9-4-2/h8-9H,3-7H2,1-2H3. The lowest BCUT2D eigenvalue weighted by Gasteiger charge is -2.04. The number of hydrogen-bond acceptors (Lipinski definition) is 3. The molecule has 0 aliphatic heterocycles. The Morgan fingerprint density at radius 1 is 1.17 bits per heavy atom. The van der Waals surface area contributed by atoms with Crippen LogP contribution in [0.1, 0.15) is 20.3 Å². The van der Waals surface area contributed by atoms with Gasteiger partial charge < -0.3 is 5.32 Å². The van der Waals surface area contributed by atoms with E-state index < -0.39 is 10.0 Å². The summed E-state index contributed by atoms with van der Waals surface area (Å²) in [6, 6.07) is 0. The van der Waals surface area contributed by atoms with Crippen molar-refractivity contribution in [2.75, 3.05) is 25.4 Å². The second kappa shape index (κ2) is 6.39. The molecule has 4 nitrogen and oxygen atoms in total. The maximum atomic E-state index is 11.0. The van der Waals surface area contributed by atoms with E-state index in [-0.39, 0.29) is 5.75 Å². The summed E-state index contributed by atoms with van der Waals surface area (Å²) < 4.78 is 24.5. The van der Waals surface area contributed by atoms with E-state index in [1.807, 2.05) is 6.92 Å². The minimum Gasteiger partial charge on any atom is -0.316 e. The SMILES string of the molecule is CCCNCCS(=O)(=O)NCC. The molecule has 0 amide bonds. The van der Waals surface area contributed by atoms with Crippen LogP contribution in [0.25, 0.3) is 0 Å². The van der Waals surface area contributed by atoms with Gasteiger partial charge in [-0.15, -0.1) is 0 Å². The molecule has 0 aromatic carbocycles. The maximum Gasteiger partial charge on any atom is 0.212 e. The largest absolute Gasteiger partial charge is 0.316 e. The molecule has 0 aliphatic carbocycles. The molecule has 0 aromatic heterocycles. The molecule has 0 saturated carbocycles. The van der Waals surface area contributed by atoms with Crippen molar-refractivity contribution in [3.05, 3.63) is 0 Å². The Labute approximate surface area is 74.8 Å². The lowest BCUT2D eigenvalue weighted by Crippen LogP contribution is -2.31. The number of sulfonamides is 1. The minimum atomic E-state index is -3.02. The van der Waals surface area contributed by atoms with Crippen molar-refractivity contribution in [1.82, 2.24) is 10.0 Å². The van der Waals surface area contributed by atoms with Crippen molar-refractivity contribution in [1.29, 1.82) is 0 Å². The molecule has 2 N–H and O–H groups in total. The fraction of sp³-hybridized carbons (Fsp3) is 1.00. The molecule has 5 heteroatoms. The number of nitrogens with one attached hydrogen (secondary N) is 2. The van der Waals surface area contributed by atoms with Crippen molar-refractivity contribution < 1.29 is 8.42 Å². The van der Waals surface area contributed by atoms with Crippen molar-refractivity contribution in [3.8, 4) is 0 Å². The molecule has 0 bridgehead atoms. The van der Waals surface area contributed by atoms with Crippen LogP contribution in [0.5, 0.6) is 0 Å². The van der Waals surface area contributed by atoms with E-state index in [2.05, 4.69) is 10.0 Å². The number of rotatable bonds is 7. The third-order valence-electron chi connectivity index (χ3n) is 1.34. The summed E-state index contributed by atoms with van der Waals surface area (Å²) in [5, 5.41) is 3.03. The fourth-order valence-electron chi connectivity index (χ4n) is 0.800. The molecule has 0 atom stereocenters. The molecular weight excluding hydrogens is 176 g/mol. The summed E-state index contributed by atoms with van der Waals surface area (Å²) in [6.07, 6.45) is 1.03. The summed E-state index contributed by atoms with van der Waals surface area (Å²) in [4.78, 5) is 0. The highest BCUT2D eigenvalue weighted by molar-refractivity contribution is 7.89. The average Bonchev–Trinajstić information content (AvgIpc) is 1.98. The summed E-state index contributed by atoms with van der Waals surface area (Å²) >= 11 is 0. The van der Waals surface area contributed by atoms with Gasteiger partial charge in [0.15, 0.2) is 0 Å². The van der Waals surface area contributed by atoms with Gasteiger partial charge in [0, 0.05) is 13.1 Å². The second-order valence-electron chi connectivity index (χ2n) is 2.57. The van der Waals surface area contributed by atoms with Crippen LogP contribution in [-0.4, -0.2) is 33.8 Å². The van der Waals surface area contributed by atoms with Crippen LogP contribution >= 0.6 is 0 Å².